The molecule has 2 unspecified atom stereocenters. The molecule has 0 spiro atoms. The van der Waals surface area contributed by atoms with Crippen LogP contribution in [0.25, 0.3) is 0 Å². The van der Waals surface area contributed by atoms with Gasteiger partial charge in [0, 0.05) is 12.3 Å². The molecule has 1 aromatic heterocycles. The molecule has 0 aliphatic carbocycles. The fourth-order valence-electron chi connectivity index (χ4n) is 1.19. The van der Waals surface area contributed by atoms with Gasteiger partial charge in [-0.3, -0.25) is 0 Å². The summed E-state index contributed by atoms with van der Waals surface area (Å²) in [5, 5.41) is 20.8. The van der Waals surface area contributed by atoms with Gasteiger partial charge in [0.1, 0.15) is 5.54 Å². The van der Waals surface area contributed by atoms with E-state index in [1.807, 2.05) is 6.92 Å². The van der Waals surface area contributed by atoms with Gasteiger partial charge in [0.25, 0.3) is 0 Å². The van der Waals surface area contributed by atoms with E-state index in [0.717, 1.165) is 5.16 Å². The number of aromatic nitrogens is 4. The lowest BCUT2D eigenvalue weighted by Gasteiger charge is -2.19. The lowest BCUT2D eigenvalue weighted by atomic mass is 10.00. The quantitative estimate of drug-likeness (QED) is 0.743. The van der Waals surface area contributed by atoms with Crippen LogP contribution in [0.4, 0.5) is 0 Å². The number of nitrogens with two attached hydrogens (primary N) is 1. The molecule has 2 N–H and O–H groups in total. The summed E-state index contributed by atoms with van der Waals surface area (Å²) in [5.41, 5.74) is 4.96. The molecule has 2 atom stereocenters. The van der Waals surface area contributed by atoms with E-state index < -0.39 is 5.54 Å². The Kier molecular flexibility index (Phi) is 3.66. The second-order valence-corrected chi connectivity index (χ2v) is 5.15. The SMILES string of the molecule is CC(CC(C)(N)C#N)Sc1nnnn1C. The third-order valence-corrected chi connectivity index (χ3v) is 2.98. The van der Waals surface area contributed by atoms with Gasteiger partial charge in [-0.15, -0.1) is 5.10 Å². The standard InChI is InChI=1S/C8H14N6S/c1-6(4-8(2,10)5-9)15-7-11-12-13-14(7)3/h6H,4,10H2,1-3H3. The highest BCUT2D eigenvalue weighted by molar-refractivity contribution is 7.99. The minimum atomic E-state index is -0.793. The largest absolute Gasteiger partial charge is 0.314 e. The molecule has 7 heteroatoms. The van der Waals surface area contributed by atoms with Crippen molar-refractivity contribution in [3.63, 3.8) is 0 Å². The first-order chi connectivity index (χ1) is 6.94. The maximum absolute atomic E-state index is 8.79. The number of hydrogen-bond acceptors (Lipinski definition) is 6. The van der Waals surface area contributed by atoms with Gasteiger partial charge in [0.15, 0.2) is 0 Å². The molecule has 1 heterocycles. The molecular formula is C8H14N6S. The van der Waals surface area contributed by atoms with E-state index in [2.05, 4.69) is 21.6 Å². The van der Waals surface area contributed by atoms with E-state index in [1.165, 1.54) is 11.8 Å². The second kappa shape index (κ2) is 4.59. The molecule has 0 saturated heterocycles. The van der Waals surface area contributed by atoms with Crippen molar-refractivity contribution in [2.24, 2.45) is 12.8 Å². The highest BCUT2D eigenvalue weighted by Gasteiger charge is 2.22. The van der Waals surface area contributed by atoms with Gasteiger partial charge in [-0.2, -0.15) is 5.26 Å². The summed E-state index contributed by atoms with van der Waals surface area (Å²) < 4.78 is 1.60. The van der Waals surface area contributed by atoms with Gasteiger partial charge >= 0.3 is 0 Å². The van der Waals surface area contributed by atoms with Crippen LogP contribution in [0.15, 0.2) is 5.16 Å². The zero-order valence-electron chi connectivity index (χ0n) is 9.01. The topological polar surface area (TPSA) is 93.4 Å². The Balaban J connectivity index is 2.55. The summed E-state index contributed by atoms with van der Waals surface area (Å²) >= 11 is 1.51. The van der Waals surface area contributed by atoms with Crippen LogP contribution < -0.4 is 5.73 Å². The lowest BCUT2D eigenvalue weighted by molar-refractivity contribution is 0.544. The molecule has 1 rings (SSSR count). The Bertz CT molecular complexity index is 365. The predicted molar refractivity (Wildman–Crippen MR) is 56.9 cm³/mol. The number of tetrazole rings is 1. The van der Waals surface area contributed by atoms with Crippen LogP contribution in [0.1, 0.15) is 20.3 Å². The molecule has 0 saturated carbocycles. The minimum absolute atomic E-state index is 0.198. The Morgan fingerprint density at radius 2 is 2.40 bits per heavy atom. The average molecular weight is 226 g/mol. The van der Waals surface area contributed by atoms with Gasteiger partial charge in [-0.25, -0.2) is 4.68 Å². The minimum Gasteiger partial charge on any atom is -0.314 e. The van der Waals surface area contributed by atoms with Gasteiger partial charge in [0.05, 0.1) is 6.07 Å². The van der Waals surface area contributed by atoms with Crippen molar-refractivity contribution in [3.05, 3.63) is 0 Å². The third-order valence-electron chi connectivity index (χ3n) is 1.85. The van der Waals surface area contributed by atoms with Crippen LogP contribution in [0.3, 0.4) is 0 Å². The van der Waals surface area contributed by atoms with E-state index >= 15 is 0 Å². The summed E-state index contributed by atoms with van der Waals surface area (Å²) in [7, 11) is 1.78. The number of aryl methyl sites for hydroxylation is 1. The smallest absolute Gasteiger partial charge is 0.209 e. The Morgan fingerprint density at radius 3 is 2.87 bits per heavy atom. The highest BCUT2D eigenvalue weighted by atomic mass is 32.2. The first-order valence-corrected chi connectivity index (χ1v) is 5.42. The predicted octanol–water partition coefficient (Wildman–Crippen LogP) is 0.322. The van der Waals surface area contributed by atoms with Crippen molar-refractivity contribution in [2.45, 2.75) is 36.2 Å². The van der Waals surface area contributed by atoms with Gasteiger partial charge in [-0.05, 0) is 23.8 Å². The summed E-state index contributed by atoms with van der Waals surface area (Å²) in [5.74, 6) is 0. The first kappa shape index (κ1) is 11.9. The van der Waals surface area contributed by atoms with Gasteiger partial charge in [-0.1, -0.05) is 18.7 Å². The number of rotatable bonds is 4. The Labute approximate surface area is 92.8 Å². The third kappa shape index (κ3) is 3.49. The molecule has 82 valence electrons. The Morgan fingerprint density at radius 1 is 1.73 bits per heavy atom. The van der Waals surface area contributed by atoms with Crippen molar-refractivity contribution in [1.82, 2.24) is 20.2 Å². The Hall–Kier alpha value is -1.13. The fourth-order valence-corrected chi connectivity index (χ4v) is 2.25. The number of thioether (sulfide) groups is 1. The highest BCUT2D eigenvalue weighted by Crippen LogP contribution is 2.25. The maximum Gasteiger partial charge on any atom is 0.209 e. The van der Waals surface area contributed by atoms with Crippen LogP contribution in [-0.4, -0.2) is 31.0 Å². The average Bonchev–Trinajstić information content (AvgIpc) is 2.51. The maximum atomic E-state index is 8.79. The normalized spacial score (nSPS) is 16.7. The summed E-state index contributed by atoms with van der Waals surface area (Å²) in [6.07, 6.45) is 0.598. The van der Waals surface area contributed by atoms with E-state index in [9.17, 15) is 0 Å². The molecule has 1 aromatic rings. The number of nitriles is 1. The zero-order valence-corrected chi connectivity index (χ0v) is 9.82. The van der Waals surface area contributed by atoms with Gasteiger partial charge < -0.3 is 5.73 Å². The molecule has 0 radical (unpaired) electrons. The van der Waals surface area contributed by atoms with Crippen LogP contribution in [-0.2, 0) is 7.05 Å². The summed E-state index contributed by atoms with van der Waals surface area (Å²) in [6, 6.07) is 2.07. The molecule has 0 aliphatic heterocycles. The number of hydrogen-bond donors (Lipinski definition) is 1. The molecule has 15 heavy (non-hydrogen) atoms. The molecule has 0 aromatic carbocycles. The molecule has 6 nitrogen and oxygen atoms in total. The zero-order chi connectivity index (χ0) is 11.5. The van der Waals surface area contributed by atoms with Crippen LogP contribution in [0.5, 0.6) is 0 Å². The summed E-state index contributed by atoms with van der Waals surface area (Å²) in [4.78, 5) is 0. The molecular weight excluding hydrogens is 212 g/mol. The number of nitrogens with zero attached hydrogens (tertiary/aromatic N) is 5. The molecule has 0 bridgehead atoms. The van der Waals surface area contributed by atoms with Crippen LogP contribution in [0.2, 0.25) is 0 Å². The van der Waals surface area contributed by atoms with Crippen molar-refractivity contribution in [1.29, 1.82) is 5.26 Å². The molecule has 0 aliphatic rings. The fraction of sp³-hybridized carbons (Fsp3) is 0.750. The van der Waals surface area contributed by atoms with Crippen molar-refractivity contribution >= 4 is 11.8 Å². The first-order valence-electron chi connectivity index (χ1n) is 4.54. The molecule has 0 fully saturated rings. The molecule has 0 amide bonds. The van der Waals surface area contributed by atoms with E-state index in [4.69, 9.17) is 11.0 Å². The second-order valence-electron chi connectivity index (χ2n) is 3.75. The van der Waals surface area contributed by atoms with Crippen molar-refractivity contribution < 1.29 is 0 Å². The summed E-state index contributed by atoms with van der Waals surface area (Å²) in [6.45, 7) is 3.72. The van der Waals surface area contributed by atoms with E-state index in [1.54, 1.807) is 18.7 Å². The van der Waals surface area contributed by atoms with Crippen LogP contribution >= 0.6 is 11.8 Å². The van der Waals surface area contributed by atoms with E-state index in [-0.39, 0.29) is 5.25 Å². The van der Waals surface area contributed by atoms with Crippen molar-refractivity contribution in [3.8, 4) is 6.07 Å². The monoisotopic (exact) mass is 226 g/mol. The van der Waals surface area contributed by atoms with Gasteiger partial charge in [0.2, 0.25) is 5.16 Å². The lowest BCUT2D eigenvalue weighted by Crippen LogP contribution is -2.36. The van der Waals surface area contributed by atoms with Crippen LogP contribution in [0, 0.1) is 11.3 Å². The van der Waals surface area contributed by atoms with Crippen molar-refractivity contribution in [2.75, 3.05) is 0 Å². The van der Waals surface area contributed by atoms with E-state index in [0.29, 0.717) is 6.42 Å².